The number of benzene rings is 1. The first-order chi connectivity index (χ1) is 17.3. The van der Waals surface area contributed by atoms with E-state index in [1.807, 2.05) is 24.3 Å². The highest BCUT2D eigenvalue weighted by Gasteiger charge is 2.34. The maximum Gasteiger partial charge on any atom is 0.289 e. The van der Waals surface area contributed by atoms with Crippen molar-refractivity contribution in [1.82, 2.24) is 25.8 Å². The molecule has 1 aliphatic heterocycles. The highest BCUT2D eigenvalue weighted by atomic mass is 16.2. The molecule has 36 heavy (non-hydrogen) atoms. The Balaban J connectivity index is 1.38. The van der Waals surface area contributed by atoms with E-state index in [0.29, 0.717) is 18.7 Å². The van der Waals surface area contributed by atoms with Crippen molar-refractivity contribution in [2.75, 3.05) is 13.1 Å². The average Bonchev–Trinajstić information content (AvgIpc) is 3.44. The van der Waals surface area contributed by atoms with E-state index in [2.05, 4.69) is 21.3 Å². The number of hydrogen-bond donors (Lipinski definition) is 4. The van der Waals surface area contributed by atoms with Gasteiger partial charge in [0.05, 0.1) is 12.6 Å². The minimum atomic E-state index is -1.15. The standard InChI is InChI=1S/C26H33N5O5/c1-31-20-10-6-5-7-16(20)14-21(31)25(35)28-15-22(32)30-19(13-17-11-12-27-24(17)34)23(33)26(36)29-18-8-3-2-4-9-18/h5-7,10,14,17-19H,2-4,8-9,11-13,15H2,1H3,(H,27,34)(H,28,35)(H,29,36)(H,30,32)/t17?,19-/m0/s1. The Morgan fingerprint density at radius 2 is 1.83 bits per heavy atom. The molecular weight excluding hydrogens is 462 g/mol. The zero-order valence-corrected chi connectivity index (χ0v) is 20.5. The molecule has 2 fully saturated rings. The molecule has 1 saturated carbocycles. The Morgan fingerprint density at radius 3 is 2.53 bits per heavy atom. The highest BCUT2D eigenvalue weighted by molar-refractivity contribution is 6.38. The van der Waals surface area contributed by atoms with Gasteiger partial charge in [-0.3, -0.25) is 24.0 Å². The van der Waals surface area contributed by atoms with Crippen molar-refractivity contribution in [1.29, 1.82) is 0 Å². The van der Waals surface area contributed by atoms with Crippen LogP contribution in [-0.4, -0.2) is 59.2 Å². The van der Waals surface area contributed by atoms with Gasteiger partial charge in [0.1, 0.15) is 5.69 Å². The summed E-state index contributed by atoms with van der Waals surface area (Å²) in [5.41, 5.74) is 1.28. The molecule has 1 saturated heterocycles. The van der Waals surface area contributed by atoms with Crippen molar-refractivity contribution in [3.8, 4) is 0 Å². The molecule has 1 aromatic heterocycles. The number of aromatic nitrogens is 1. The van der Waals surface area contributed by atoms with Gasteiger partial charge in [0.15, 0.2) is 0 Å². The second kappa shape index (κ2) is 11.4. The van der Waals surface area contributed by atoms with E-state index >= 15 is 0 Å². The van der Waals surface area contributed by atoms with Gasteiger partial charge in [0, 0.05) is 36.5 Å². The minimum absolute atomic E-state index is 0.0334. The van der Waals surface area contributed by atoms with E-state index in [1.54, 1.807) is 17.7 Å². The third kappa shape index (κ3) is 5.92. The minimum Gasteiger partial charge on any atom is -0.356 e. The van der Waals surface area contributed by atoms with E-state index in [-0.39, 0.29) is 24.9 Å². The van der Waals surface area contributed by atoms with Crippen LogP contribution < -0.4 is 21.3 Å². The van der Waals surface area contributed by atoms with Crippen molar-refractivity contribution in [2.45, 2.75) is 57.0 Å². The smallest absolute Gasteiger partial charge is 0.289 e. The molecule has 1 aromatic carbocycles. The predicted octanol–water partition coefficient (Wildman–Crippen LogP) is 0.937. The van der Waals surface area contributed by atoms with Crippen molar-refractivity contribution >= 4 is 40.3 Å². The molecule has 4 amide bonds. The SMILES string of the molecule is Cn1c(C(=O)NCC(=O)N[C@@H](CC2CCNC2=O)C(=O)C(=O)NC2CCCCC2)cc2ccccc21. The molecule has 0 bridgehead atoms. The van der Waals surface area contributed by atoms with Crippen LogP contribution in [0.3, 0.4) is 0 Å². The van der Waals surface area contributed by atoms with Gasteiger partial charge in [-0.05, 0) is 37.8 Å². The molecule has 1 unspecified atom stereocenters. The van der Waals surface area contributed by atoms with Crippen LogP contribution in [0.1, 0.15) is 55.4 Å². The van der Waals surface area contributed by atoms with E-state index in [1.165, 1.54) is 0 Å². The lowest BCUT2D eigenvalue weighted by Crippen LogP contribution is -2.52. The molecule has 2 atom stereocenters. The molecule has 10 nitrogen and oxygen atoms in total. The van der Waals surface area contributed by atoms with Gasteiger partial charge in [0.2, 0.25) is 17.6 Å². The topological polar surface area (TPSA) is 138 Å². The number of para-hydroxylation sites is 1. The van der Waals surface area contributed by atoms with E-state index < -0.39 is 35.5 Å². The number of aryl methyl sites for hydroxylation is 1. The number of Topliss-reactive ketones (excluding diaryl/α,β-unsaturated/α-hetero) is 1. The Hall–Kier alpha value is -3.69. The summed E-state index contributed by atoms with van der Waals surface area (Å²) in [6.45, 7) is 0.124. The van der Waals surface area contributed by atoms with Crippen molar-refractivity contribution in [3.05, 3.63) is 36.0 Å². The van der Waals surface area contributed by atoms with E-state index in [9.17, 15) is 24.0 Å². The van der Waals surface area contributed by atoms with E-state index in [4.69, 9.17) is 0 Å². The molecule has 1 aliphatic carbocycles. The number of nitrogens with zero attached hydrogens (tertiary/aromatic N) is 1. The molecule has 2 aliphatic rings. The van der Waals surface area contributed by atoms with Gasteiger partial charge >= 0.3 is 0 Å². The Bertz CT molecular complexity index is 1170. The number of amides is 4. The summed E-state index contributed by atoms with van der Waals surface area (Å²) in [5, 5.41) is 11.6. The molecule has 4 rings (SSSR count). The van der Waals surface area contributed by atoms with E-state index in [0.717, 1.165) is 43.0 Å². The molecule has 4 N–H and O–H groups in total. The number of rotatable bonds is 9. The number of carbonyl (C=O) groups excluding carboxylic acids is 5. The van der Waals surface area contributed by atoms with Crippen LogP contribution >= 0.6 is 0 Å². The lowest BCUT2D eigenvalue weighted by molar-refractivity contribution is -0.141. The van der Waals surface area contributed by atoms with Gasteiger partial charge in [-0.15, -0.1) is 0 Å². The van der Waals surface area contributed by atoms with Crippen LogP contribution in [0.5, 0.6) is 0 Å². The summed E-state index contributed by atoms with van der Waals surface area (Å²) in [6.07, 6.45) is 5.31. The van der Waals surface area contributed by atoms with Gasteiger partial charge in [-0.1, -0.05) is 37.5 Å². The number of ketones is 1. The number of nitrogens with one attached hydrogen (secondary N) is 4. The van der Waals surface area contributed by atoms with Crippen LogP contribution in [0.25, 0.3) is 10.9 Å². The highest BCUT2D eigenvalue weighted by Crippen LogP contribution is 2.20. The summed E-state index contributed by atoms with van der Waals surface area (Å²) in [6, 6.07) is 8.08. The number of fused-ring (bicyclic) bond motifs is 1. The summed E-state index contributed by atoms with van der Waals surface area (Å²) < 4.78 is 1.74. The molecule has 0 radical (unpaired) electrons. The molecule has 10 heteroatoms. The fraction of sp³-hybridized carbons (Fsp3) is 0.500. The second-order valence-electron chi connectivity index (χ2n) is 9.64. The predicted molar refractivity (Wildman–Crippen MR) is 133 cm³/mol. The Kier molecular flexibility index (Phi) is 8.02. The Labute approximate surface area is 209 Å². The zero-order valence-electron chi connectivity index (χ0n) is 20.5. The first kappa shape index (κ1) is 25.4. The van der Waals surface area contributed by atoms with Crippen LogP contribution in [0.15, 0.2) is 30.3 Å². The summed E-state index contributed by atoms with van der Waals surface area (Å²) in [7, 11) is 1.77. The van der Waals surface area contributed by atoms with Crippen molar-refractivity contribution in [3.63, 3.8) is 0 Å². The summed E-state index contributed by atoms with van der Waals surface area (Å²) in [4.78, 5) is 63.2. The molecular formula is C26H33N5O5. The first-order valence-corrected chi connectivity index (χ1v) is 12.6. The first-order valence-electron chi connectivity index (χ1n) is 12.6. The van der Waals surface area contributed by atoms with Crippen LogP contribution in [0, 0.1) is 5.92 Å². The van der Waals surface area contributed by atoms with Crippen molar-refractivity contribution < 1.29 is 24.0 Å². The second-order valence-corrected chi connectivity index (χ2v) is 9.64. The molecule has 0 spiro atoms. The summed E-state index contributed by atoms with van der Waals surface area (Å²) in [5.74, 6) is -3.22. The van der Waals surface area contributed by atoms with Crippen LogP contribution in [0.4, 0.5) is 0 Å². The van der Waals surface area contributed by atoms with Gasteiger partial charge in [-0.25, -0.2) is 0 Å². The maximum absolute atomic E-state index is 13.0. The van der Waals surface area contributed by atoms with Crippen molar-refractivity contribution in [2.24, 2.45) is 13.0 Å². The number of carbonyl (C=O) groups is 5. The van der Waals surface area contributed by atoms with Gasteiger partial charge in [0.25, 0.3) is 11.8 Å². The number of hydrogen-bond acceptors (Lipinski definition) is 5. The lowest BCUT2D eigenvalue weighted by Gasteiger charge is -2.24. The van der Waals surface area contributed by atoms with Crippen LogP contribution in [-0.2, 0) is 26.2 Å². The molecule has 2 heterocycles. The molecule has 192 valence electrons. The van der Waals surface area contributed by atoms with Gasteiger partial charge < -0.3 is 25.8 Å². The fourth-order valence-electron chi connectivity index (χ4n) is 5.05. The normalized spacial score (nSPS) is 18.9. The largest absolute Gasteiger partial charge is 0.356 e. The maximum atomic E-state index is 13.0. The third-order valence-corrected chi connectivity index (χ3v) is 7.09. The average molecular weight is 496 g/mol. The van der Waals surface area contributed by atoms with Gasteiger partial charge in [-0.2, -0.15) is 0 Å². The van der Waals surface area contributed by atoms with Crippen LogP contribution in [0.2, 0.25) is 0 Å². The molecule has 2 aromatic rings. The monoisotopic (exact) mass is 495 g/mol. The zero-order chi connectivity index (χ0) is 25.7. The lowest BCUT2D eigenvalue weighted by atomic mass is 9.93. The Morgan fingerprint density at radius 1 is 1.08 bits per heavy atom. The fourth-order valence-corrected chi connectivity index (χ4v) is 5.05. The quantitative estimate of drug-likeness (QED) is 0.384. The third-order valence-electron chi connectivity index (χ3n) is 7.09. The summed E-state index contributed by atoms with van der Waals surface area (Å²) >= 11 is 0.